The zero-order chi connectivity index (χ0) is 11.6. The highest BCUT2D eigenvalue weighted by atomic mass is 79.9. The molecule has 15 heavy (non-hydrogen) atoms. The van der Waals surface area contributed by atoms with E-state index in [4.69, 9.17) is 0 Å². The summed E-state index contributed by atoms with van der Waals surface area (Å²) in [5.41, 5.74) is -1.49. The Morgan fingerprint density at radius 1 is 1.40 bits per heavy atom. The molecule has 0 aliphatic carbocycles. The van der Waals surface area contributed by atoms with E-state index in [9.17, 15) is 23.7 Å². The number of hydrogen-bond donors (Lipinski definition) is 0. The quantitative estimate of drug-likeness (QED) is 0.370. The molecule has 1 rings (SSSR count). The average Bonchev–Trinajstić information content (AvgIpc) is 2.19. The van der Waals surface area contributed by atoms with E-state index < -0.39 is 33.6 Å². The Bertz CT molecular complexity index is 436. The lowest BCUT2D eigenvalue weighted by atomic mass is 10.1. The number of benzene rings is 1. The molecule has 0 N–H and O–H groups in total. The number of halogens is 3. The third-order valence-electron chi connectivity index (χ3n) is 1.65. The minimum atomic E-state index is -1.23. The van der Waals surface area contributed by atoms with Crippen molar-refractivity contribution in [3.05, 3.63) is 39.4 Å². The number of nitro benzene ring substituents is 1. The summed E-state index contributed by atoms with van der Waals surface area (Å²) in [6, 6.07) is 0.919. The lowest BCUT2D eigenvalue weighted by Gasteiger charge is -2.00. The Morgan fingerprint density at radius 3 is 2.47 bits per heavy atom. The fraction of sp³-hybridized carbons (Fsp3) is 0.125. The molecule has 0 heterocycles. The van der Waals surface area contributed by atoms with Crippen LogP contribution in [0.25, 0.3) is 0 Å². The van der Waals surface area contributed by atoms with Crippen molar-refractivity contribution in [1.82, 2.24) is 0 Å². The Balaban J connectivity index is 3.31. The first-order valence-corrected chi connectivity index (χ1v) is 4.82. The summed E-state index contributed by atoms with van der Waals surface area (Å²) in [6.45, 7) is 0. The van der Waals surface area contributed by atoms with Gasteiger partial charge in [0.2, 0.25) is 5.82 Å². The summed E-state index contributed by atoms with van der Waals surface area (Å²) in [6.07, 6.45) is 0. The second-order valence-electron chi connectivity index (χ2n) is 2.60. The molecule has 1 aromatic carbocycles. The molecular formula is C8H4BrF2NO3. The van der Waals surface area contributed by atoms with Crippen molar-refractivity contribution in [2.45, 2.75) is 0 Å². The van der Waals surface area contributed by atoms with Crippen molar-refractivity contribution in [3.63, 3.8) is 0 Å². The molecule has 0 aliphatic heterocycles. The molecule has 0 radical (unpaired) electrons. The van der Waals surface area contributed by atoms with Crippen molar-refractivity contribution in [2.24, 2.45) is 0 Å². The van der Waals surface area contributed by atoms with E-state index in [0.717, 1.165) is 0 Å². The fourth-order valence-corrected chi connectivity index (χ4v) is 1.26. The van der Waals surface area contributed by atoms with Crippen molar-refractivity contribution in [3.8, 4) is 0 Å². The Morgan fingerprint density at radius 2 is 2.00 bits per heavy atom. The predicted octanol–water partition coefficient (Wildman–Crippen LogP) is 2.45. The van der Waals surface area contributed by atoms with Crippen LogP contribution in [0.1, 0.15) is 10.4 Å². The van der Waals surface area contributed by atoms with Gasteiger partial charge in [-0.1, -0.05) is 15.9 Å². The van der Waals surface area contributed by atoms with E-state index in [1.807, 2.05) is 0 Å². The summed E-state index contributed by atoms with van der Waals surface area (Å²) < 4.78 is 26.1. The first-order valence-electron chi connectivity index (χ1n) is 3.70. The number of hydrogen-bond acceptors (Lipinski definition) is 3. The van der Waals surface area contributed by atoms with Gasteiger partial charge >= 0.3 is 5.69 Å². The van der Waals surface area contributed by atoms with Crippen LogP contribution in [0.4, 0.5) is 14.5 Å². The van der Waals surface area contributed by atoms with Gasteiger partial charge in [0.15, 0.2) is 5.78 Å². The van der Waals surface area contributed by atoms with E-state index in [2.05, 4.69) is 15.9 Å². The largest absolute Gasteiger partial charge is 0.307 e. The minimum absolute atomic E-state index is 0.179. The Hall–Kier alpha value is -1.37. The Kier molecular flexibility index (Phi) is 3.46. The van der Waals surface area contributed by atoms with Gasteiger partial charge in [-0.2, -0.15) is 4.39 Å². The molecule has 1 aromatic rings. The number of nitrogens with zero attached hydrogens (tertiary/aromatic N) is 1. The molecule has 0 aromatic heterocycles. The molecule has 7 heteroatoms. The number of alkyl halides is 1. The van der Waals surface area contributed by atoms with E-state index in [-0.39, 0.29) is 5.33 Å². The number of nitro groups is 1. The third-order valence-corrected chi connectivity index (χ3v) is 2.16. The summed E-state index contributed by atoms with van der Waals surface area (Å²) in [5.74, 6) is -3.01. The van der Waals surface area contributed by atoms with Crippen LogP contribution >= 0.6 is 15.9 Å². The molecule has 0 unspecified atom stereocenters. The number of Topliss-reactive ketones (excluding diaryl/α,β-unsaturated/α-hetero) is 1. The highest BCUT2D eigenvalue weighted by Crippen LogP contribution is 2.21. The third kappa shape index (κ3) is 2.35. The highest BCUT2D eigenvalue weighted by Gasteiger charge is 2.21. The molecule has 0 saturated heterocycles. The molecule has 0 spiro atoms. The summed E-state index contributed by atoms with van der Waals surface area (Å²) >= 11 is 2.79. The van der Waals surface area contributed by atoms with Crippen LogP contribution in [0.5, 0.6) is 0 Å². The molecule has 0 saturated carbocycles. The maximum absolute atomic E-state index is 13.1. The second kappa shape index (κ2) is 4.43. The van der Waals surface area contributed by atoms with Crippen molar-refractivity contribution in [2.75, 3.05) is 5.33 Å². The van der Waals surface area contributed by atoms with Crippen LogP contribution in [0, 0.1) is 21.7 Å². The Labute approximate surface area is 91.2 Å². The van der Waals surface area contributed by atoms with Gasteiger partial charge in [0.1, 0.15) is 5.82 Å². The van der Waals surface area contributed by atoms with Gasteiger partial charge in [0.05, 0.1) is 21.9 Å². The SMILES string of the molecule is O=C(CBr)c1cc(F)c([N+](=O)[O-])cc1F. The first kappa shape index (κ1) is 11.7. The summed E-state index contributed by atoms with van der Waals surface area (Å²) in [5, 5.41) is 10.0. The van der Waals surface area contributed by atoms with Crippen LogP contribution < -0.4 is 0 Å². The molecule has 0 atom stereocenters. The van der Waals surface area contributed by atoms with Gasteiger partial charge in [0.25, 0.3) is 0 Å². The molecule has 0 bridgehead atoms. The van der Waals surface area contributed by atoms with Crippen molar-refractivity contribution < 1.29 is 18.5 Å². The van der Waals surface area contributed by atoms with Gasteiger partial charge < -0.3 is 0 Å². The lowest BCUT2D eigenvalue weighted by molar-refractivity contribution is -0.387. The zero-order valence-corrected chi connectivity index (χ0v) is 8.75. The van der Waals surface area contributed by atoms with Gasteiger partial charge in [-0.15, -0.1) is 0 Å². The molecule has 0 fully saturated rings. The average molecular weight is 280 g/mol. The lowest BCUT2D eigenvalue weighted by Crippen LogP contribution is -2.06. The maximum atomic E-state index is 13.1. The van der Waals surface area contributed by atoms with Crippen molar-refractivity contribution in [1.29, 1.82) is 0 Å². The van der Waals surface area contributed by atoms with E-state index in [1.165, 1.54) is 0 Å². The van der Waals surface area contributed by atoms with Gasteiger partial charge in [-0.3, -0.25) is 14.9 Å². The highest BCUT2D eigenvalue weighted by molar-refractivity contribution is 9.09. The van der Waals surface area contributed by atoms with Gasteiger partial charge in [-0.25, -0.2) is 4.39 Å². The van der Waals surface area contributed by atoms with Gasteiger partial charge in [0, 0.05) is 0 Å². The monoisotopic (exact) mass is 279 g/mol. The molecule has 80 valence electrons. The summed E-state index contributed by atoms with van der Waals surface area (Å²) in [7, 11) is 0. The van der Waals surface area contributed by atoms with Crippen LogP contribution in [0.2, 0.25) is 0 Å². The number of carbonyl (C=O) groups is 1. The summed E-state index contributed by atoms with van der Waals surface area (Å²) in [4.78, 5) is 20.2. The van der Waals surface area contributed by atoms with Crippen LogP contribution in [0.3, 0.4) is 0 Å². The van der Waals surface area contributed by atoms with Crippen LogP contribution in [0.15, 0.2) is 12.1 Å². The fourth-order valence-electron chi connectivity index (χ4n) is 0.962. The number of carbonyl (C=O) groups excluding carboxylic acids is 1. The molecule has 0 aliphatic rings. The van der Waals surface area contributed by atoms with E-state index in [0.29, 0.717) is 12.1 Å². The van der Waals surface area contributed by atoms with E-state index in [1.54, 1.807) is 0 Å². The van der Waals surface area contributed by atoms with Crippen LogP contribution in [-0.4, -0.2) is 16.0 Å². The van der Waals surface area contributed by atoms with E-state index >= 15 is 0 Å². The second-order valence-corrected chi connectivity index (χ2v) is 3.16. The maximum Gasteiger partial charge on any atom is 0.307 e. The minimum Gasteiger partial charge on any atom is -0.293 e. The van der Waals surface area contributed by atoms with Crippen LogP contribution in [-0.2, 0) is 0 Å². The standard InChI is InChI=1S/C8H4BrF2NO3/c9-3-8(13)4-1-6(11)7(12(14)15)2-5(4)10/h1-2H,3H2. The number of ketones is 1. The smallest absolute Gasteiger partial charge is 0.293 e. The molecule has 4 nitrogen and oxygen atoms in total. The number of rotatable bonds is 3. The predicted molar refractivity (Wildman–Crippen MR) is 51.1 cm³/mol. The first-order chi connectivity index (χ1) is 6.97. The zero-order valence-electron chi connectivity index (χ0n) is 7.17. The molecular weight excluding hydrogens is 276 g/mol. The topological polar surface area (TPSA) is 60.2 Å². The normalized spacial score (nSPS) is 10.1. The molecule has 0 amide bonds. The van der Waals surface area contributed by atoms with Crippen molar-refractivity contribution >= 4 is 27.4 Å². The van der Waals surface area contributed by atoms with Gasteiger partial charge in [-0.05, 0) is 6.07 Å².